The molecule has 7 heteroatoms. The number of hydrogen-bond acceptors (Lipinski definition) is 3. The Morgan fingerprint density at radius 2 is 2.11 bits per heavy atom. The van der Waals surface area contributed by atoms with Crippen molar-refractivity contribution in [2.24, 2.45) is 11.7 Å². The molecule has 0 unspecified atom stereocenters. The van der Waals surface area contributed by atoms with E-state index in [1.807, 2.05) is 6.26 Å². The number of hydrogen-bond donors (Lipinski definition) is 1. The molecule has 1 aliphatic carbocycles. The van der Waals surface area contributed by atoms with E-state index >= 15 is 0 Å². The molecule has 2 N–H and O–H groups in total. The summed E-state index contributed by atoms with van der Waals surface area (Å²) in [5, 5.41) is 0. The van der Waals surface area contributed by atoms with Gasteiger partial charge in [0.25, 0.3) is 0 Å². The van der Waals surface area contributed by atoms with E-state index in [2.05, 4.69) is 0 Å². The van der Waals surface area contributed by atoms with Gasteiger partial charge in [-0.05, 0) is 37.2 Å². The van der Waals surface area contributed by atoms with E-state index in [1.165, 1.54) is 4.90 Å². The fourth-order valence-corrected chi connectivity index (χ4v) is 2.26. The molecule has 0 aliphatic heterocycles. The van der Waals surface area contributed by atoms with Crippen LogP contribution in [0, 0.1) is 5.92 Å². The minimum atomic E-state index is -4.23. The highest BCUT2D eigenvalue weighted by molar-refractivity contribution is 7.98. The molecular formula is C12H21F3N2OS. The van der Waals surface area contributed by atoms with Crippen molar-refractivity contribution in [3.8, 4) is 0 Å². The summed E-state index contributed by atoms with van der Waals surface area (Å²) < 4.78 is 36.8. The van der Waals surface area contributed by atoms with Crippen LogP contribution in [0.3, 0.4) is 0 Å². The predicted octanol–water partition coefficient (Wildman–Crippen LogP) is 2.26. The highest BCUT2D eigenvalue weighted by atomic mass is 32.2. The molecular weight excluding hydrogens is 277 g/mol. The number of rotatable bonds is 8. The van der Waals surface area contributed by atoms with Crippen LogP contribution in [0.1, 0.15) is 25.7 Å². The smallest absolute Gasteiger partial charge is 0.341 e. The number of nitrogens with zero attached hydrogens (tertiary/aromatic N) is 1. The Labute approximate surface area is 116 Å². The lowest BCUT2D eigenvalue weighted by Gasteiger charge is -2.26. The summed E-state index contributed by atoms with van der Waals surface area (Å²) in [5.74, 6) is 0.763. The van der Waals surface area contributed by atoms with Crippen molar-refractivity contribution in [3.05, 3.63) is 0 Å². The zero-order valence-corrected chi connectivity index (χ0v) is 11.9. The number of nitrogens with two attached hydrogens (primary N) is 1. The van der Waals surface area contributed by atoms with Gasteiger partial charge >= 0.3 is 6.18 Å². The molecule has 0 aromatic carbocycles. The van der Waals surface area contributed by atoms with Crippen LogP contribution in [0.15, 0.2) is 0 Å². The van der Waals surface area contributed by atoms with Crippen molar-refractivity contribution in [2.45, 2.75) is 37.9 Å². The molecule has 1 amide bonds. The van der Waals surface area contributed by atoms with E-state index in [1.54, 1.807) is 11.8 Å². The summed E-state index contributed by atoms with van der Waals surface area (Å²) in [5.41, 5.74) is 5.75. The normalized spacial score (nSPS) is 17.3. The van der Waals surface area contributed by atoms with Gasteiger partial charge in [0.05, 0.1) is 12.5 Å². The van der Waals surface area contributed by atoms with Gasteiger partial charge in [-0.25, -0.2) is 0 Å². The van der Waals surface area contributed by atoms with E-state index < -0.39 is 18.6 Å². The fraction of sp³-hybridized carbons (Fsp3) is 0.917. The van der Waals surface area contributed by atoms with Crippen LogP contribution in [0.4, 0.5) is 13.2 Å². The molecule has 0 aromatic heterocycles. The van der Waals surface area contributed by atoms with E-state index in [0.717, 1.165) is 18.6 Å². The second-order valence-electron chi connectivity index (χ2n) is 4.98. The lowest BCUT2D eigenvalue weighted by molar-refractivity contribution is -0.146. The minimum absolute atomic E-state index is 0.272. The number of thioether (sulfide) groups is 1. The van der Waals surface area contributed by atoms with E-state index in [-0.39, 0.29) is 12.5 Å². The fourth-order valence-electron chi connectivity index (χ4n) is 1.77. The summed E-state index contributed by atoms with van der Waals surface area (Å²) >= 11 is 1.57. The Hall–Kier alpha value is -0.430. The van der Waals surface area contributed by atoms with Crippen LogP contribution < -0.4 is 5.73 Å². The lowest BCUT2D eigenvalue weighted by Crippen LogP contribution is -2.46. The second kappa shape index (κ2) is 7.38. The maximum atomic E-state index is 12.3. The molecule has 0 heterocycles. The molecule has 1 saturated carbocycles. The Bertz CT molecular complexity index is 295. The largest absolute Gasteiger partial charge is 0.390 e. The highest BCUT2D eigenvalue weighted by Crippen LogP contribution is 2.30. The summed E-state index contributed by atoms with van der Waals surface area (Å²) in [6.07, 6.45) is -0.784. The van der Waals surface area contributed by atoms with Gasteiger partial charge in [-0.1, -0.05) is 0 Å². The molecule has 0 aromatic rings. The summed E-state index contributed by atoms with van der Waals surface area (Å²) in [6.45, 7) is 0.147. The number of halogens is 3. The molecule has 19 heavy (non-hydrogen) atoms. The average Bonchev–Trinajstić information content (AvgIpc) is 3.13. The average molecular weight is 298 g/mol. The van der Waals surface area contributed by atoms with E-state index in [0.29, 0.717) is 18.9 Å². The van der Waals surface area contributed by atoms with Gasteiger partial charge in [-0.15, -0.1) is 0 Å². The Morgan fingerprint density at radius 3 is 2.58 bits per heavy atom. The molecule has 0 bridgehead atoms. The third-order valence-electron chi connectivity index (χ3n) is 3.10. The van der Waals surface area contributed by atoms with Gasteiger partial charge in [0.2, 0.25) is 5.91 Å². The minimum Gasteiger partial charge on any atom is -0.341 e. The van der Waals surface area contributed by atoms with Gasteiger partial charge in [0.1, 0.15) is 0 Å². The van der Waals surface area contributed by atoms with Crippen molar-refractivity contribution < 1.29 is 18.0 Å². The Balaban J connectivity index is 2.48. The van der Waals surface area contributed by atoms with Crippen molar-refractivity contribution >= 4 is 17.7 Å². The van der Waals surface area contributed by atoms with Gasteiger partial charge in [0, 0.05) is 13.1 Å². The van der Waals surface area contributed by atoms with Crippen LogP contribution in [-0.4, -0.2) is 48.1 Å². The first-order valence-electron chi connectivity index (χ1n) is 6.43. The highest BCUT2D eigenvalue weighted by Gasteiger charge is 2.33. The van der Waals surface area contributed by atoms with Gasteiger partial charge in [0.15, 0.2) is 0 Å². The number of carbonyl (C=O) groups excluding carboxylic acids is 1. The van der Waals surface area contributed by atoms with E-state index in [4.69, 9.17) is 5.73 Å². The first-order chi connectivity index (χ1) is 8.83. The van der Waals surface area contributed by atoms with Gasteiger partial charge in [-0.3, -0.25) is 4.79 Å². The predicted molar refractivity (Wildman–Crippen MR) is 71.0 cm³/mol. The maximum Gasteiger partial charge on any atom is 0.390 e. The van der Waals surface area contributed by atoms with Crippen molar-refractivity contribution in [1.29, 1.82) is 0 Å². The third-order valence-corrected chi connectivity index (χ3v) is 3.75. The topological polar surface area (TPSA) is 46.3 Å². The SMILES string of the molecule is CSCC[C@H](N)C(=O)N(CCC(F)(F)F)CC1CC1. The first kappa shape index (κ1) is 16.6. The molecule has 112 valence electrons. The quantitative estimate of drug-likeness (QED) is 0.747. The van der Waals surface area contributed by atoms with Crippen LogP contribution >= 0.6 is 11.8 Å². The number of amides is 1. The standard InChI is InChI=1S/C12H21F3N2OS/c1-19-7-4-10(16)11(18)17(8-9-2-3-9)6-5-12(13,14)15/h9-10H,2-8,16H2,1H3/t10-/m0/s1. The zero-order valence-electron chi connectivity index (χ0n) is 11.1. The molecule has 1 rings (SSSR count). The number of alkyl halides is 3. The summed E-state index contributed by atoms with van der Waals surface area (Å²) in [7, 11) is 0. The molecule has 1 fully saturated rings. The van der Waals surface area contributed by atoms with Gasteiger partial charge in [-0.2, -0.15) is 24.9 Å². The second-order valence-corrected chi connectivity index (χ2v) is 5.97. The Morgan fingerprint density at radius 1 is 1.47 bits per heavy atom. The van der Waals surface area contributed by atoms with Crippen LogP contribution in [0.2, 0.25) is 0 Å². The van der Waals surface area contributed by atoms with Crippen LogP contribution in [0.25, 0.3) is 0 Å². The monoisotopic (exact) mass is 298 g/mol. The van der Waals surface area contributed by atoms with E-state index in [9.17, 15) is 18.0 Å². The first-order valence-corrected chi connectivity index (χ1v) is 7.83. The van der Waals surface area contributed by atoms with Crippen molar-refractivity contribution in [2.75, 3.05) is 25.1 Å². The molecule has 3 nitrogen and oxygen atoms in total. The number of carbonyl (C=O) groups is 1. The molecule has 0 saturated heterocycles. The van der Waals surface area contributed by atoms with Crippen LogP contribution in [-0.2, 0) is 4.79 Å². The summed E-state index contributed by atoms with van der Waals surface area (Å²) in [4.78, 5) is 13.4. The van der Waals surface area contributed by atoms with Crippen molar-refractivity contribution in [1.82, 2.24) is 4.90 Å². The Kier molecular flexibility index (Phi) is 6.46. The van der Waals surface area contributed by atoms with Crippen molar-refractivity contribution in [3.63, 3.8) is 0 Å². The van der Waals surface area contributed by atoms with Gasteiger partial charge < -0.3 is 10.6 Å². The molecule has 1 aliphatic rings. The molecule has 0 radical (unpaired) electrons. The maximum absolute atomic E-state index is 12.3. The molecule has 1 atom stereocenters. The molecule has 0 spiro atoms. The summed E-state index contributed by atoms with van der Waals surface area (Å²) in [6, 6.07) is -0.681. The third kappa shape index (κ3) is 7.06. The van der Waals surface area contributed by atoms with Crippen LogP contribution in [0.5, 0.6) is 0 Å². The lowest BCUT2D eigenvalue weighted by atomic mass is 10.2. The zero-order chi connectivity index (χ0) is 14.5.